The van der Waals surface area contributed by atoms with E-state index >= 15 is 0 Å². The molecule has 0 aliphatic rings. The van der Waals surface area contributed by atoms with Crippen LogP contribution in [-0.2, 0) is 6.54 Å². The lowest BCUT2D eigenvalue weighted by atomic mass is 10.3. The topological polar surface area (TPSA) is 108 Å². The van der Waals surface area contributed by atoms with Gasteiger partial charge < -0.3 is 19.9 Å². The first-order valence-electron chi connectivity index (χ1n) is 6.72. The molecule has 112 valence electrons. The monoisotopic (exact) mass is 298 g/mol. The highest BCUT2D eigenvalue weighted by atomic mass is 16.2. The van der Waals surface area contributed by atoms with Crippen LogP contribution in [0.2, 0.25) is 0 Å². The van der Waals surface area contributed by atoms with Gasteiger partial charge in [0.05, 0.1) is 0 Å². The summed E-state index contributed by atoms with van der Waals surface area (Å²) in [6.07, 6.45) is 6.57. The molecule has 0 fully saturated rings. The van der Waals surface area contributed by atoms with Gasteiger partial charge in [0.2, 0.25) is 0 Å². The molecule has 3 rings (SSSR count). The number of pyridine rings is 1. The number of rotatable bonds is 5. The number of imidazole rings is 2. The van der Waals surface area contributed by atoms with Gasteiger partial charge in [-0.25, -0.2) is 9.78 Å². The second-order valence-electron chi connectivity index (χ2n) is 4.57. The summed E-state index contributed by atoms with van der Waals surface area (Å²) < 4.78 is 1.91. The molecule has 3 heterocycles. The normalized spacial score (nSPS) is 10.5. The van der Waals surface area contributed by atoms with Crippen molar-refractivity contribution in [3.63, 3.8) is 0 Å². The van der Waals surface area contributed by atoms with Crippen LogP contribution in [0.25, 0.3) is 11.5 Å². The zero-order valence-corrected chi connectivity index (χ0v) is 11.6. The molecule has 0 spiro atoms. The number of carbonyl (C=O) groups is 1. The summed E-state index contributed by atoms with van der Waals surface area (Å²) in [6, 6.07) is 5.61. The molecule has 0 radical (unpaired) electrons. The van der Waals surface area contributed by atoms with Crippen molar-refractivity contribution >= 4 is 5.91 Å². The van der Waals surface area contributed by atoms with E-state index < -0.39 is 5.69 Å². The second-order valence-corrected chi connectivity index (χ2v) is 4.57. The quantitative estimate of drug-likeness (QED) is 0.633. The lowest BCUT2D eigenvalue weighted by Crippen LogP contribution is -2.28. The van der Waals surface area contributed by atoms with Gasteiger partial charge in [-0.3, -0.25) is 9.78 Å². The predicted octanol–water partition coefficient (Wildman–Crippen LogP) is 0.391. The van der Waals surface area contributed by atoms with Crippen LogP contribution in [0.3, 0.4) is 0 Å². The minimum atomic E-state index is -0.405. The molecule has 0 aliphatic carbocycles. The number of hydrogen-bond donors (Lipinski definition) is 3. The molecule has 0 saturated heterocycles. The van der Waals surface area contributed by atoms with Crippen LogP contribution in [0.1, 0.15) is 10.5 Å². The zero-order valence-electron chi connectivity index (χ0n) is 11.6. The number of aromatic amines is 2. The fourth-order valence-corrected chi connectivity index (χ4v) is 2.06. The summed E-state index contributed by atoms with van der Waals surface area (Å²) in [4.78, 5) is 36.1. The first-order chi connectivity index (χ1) is 10.7. The molecule has 22 heavy (non-hydrogen) atoms. The molecule has 1 amide bonds. The molecule has 0 aliphatic heterocycles. The molecule has 0 bridgehead atoms. The fourth-order valence-electron chi connectivity index (χ4n) is 2.06. The van der Waals surface area contributed by atoms with Crippen molar-refractivity contribution in [1.82, 2.24) is 29.8 Å². The van der Waals surface area contributed by atoms with Gasteiger partial charge in [-0.2, -0.15) is 0 Å². The van der Waals surface area contributed by atoms with Crippen molar-refractivity contribution < 1.29 is 4.79 Å². The SMILES string of the molecule is O=C(NCCn1ccnc1-c1ccccn1)c1c[nH]c(=O)[nH]1. The van der Waals surface area contributed by atoms with E-state index in [4.69, 9.17) is 0 Å². The smallest absolute Gasteiger partial charge is 0.323 e. The average Bonchev–Trinajstić information content (AvgIpc) is 3.17. The van der Waals surface area contributed by atoms with E-state index in [1.807, 2.05) is 29.0 Å². The lowest BCUT2D eigenvalue weighted by molar-refractivity contribution is 0.0947. The Morgan fingerprint density at radius 2 is 2.18 bits per heavy atom. The summed E-state index contributed by atoms with van der Waals surface area (Å²) in [7, 11) is 0. The molecule has 3 aromatic rings. The maximum atomic E-state index is 11.8. The van der Waals surface area contributed by atoms with Crippen LogP contribution >= 0.6 is 0 Å². The van der Waals surface area contributed by atoms with Gasteiger partial charge >= 0.3 is 5.69 Å². The summed E-state index contributed by atoms with van der Waals surface area (Å²) in [5.41, 5.74) is 0.576. The van der Waals surface area contributed by atoms with E-state index in [9.17, 15) is 9.59 Å². The average molecular weight is 298 g/mol. The van der Waals surface area contributed by atoms with Crippen LogP contribution < -0.4 is 11.0 Å². The van der Waals surface area contributed by atoms with Gasteiger partial charge in [0, 0.05) is 37.9 Å². The number of nitrogens with one attached hydrogen (secondary N) is 3. The van der Waals surface area contributed by atoms with Crippen LogP contribution in [0.4, 0.5) is 0 Å². The molecular weight excluding hydrogens is 284 g/mol. The lowest BCUT2D eigenvalue weighted by Gasteiger charge is -2.08. The van der Waals surface area contributed by atoms with Gasteiger partial charge in [-0.05, 0) is 12.1 Å². The summed E-state index contributed by atoms with van der Waals surface area (Å²) in [5.74, 6) is 0.405. The predicted molar refractivity (Wildman–Crippen MR) is 79.2 cm³/mol. The van der Waals surface area contributed by atoms with E-state index in [-0.39, 0.29) is 11.6 Å². The third-order valence-corrected chi connectivity index (χ3v) is 3.09. The first kappa shape index (κ1) is 13.8. The Balaban J connectivity index is 1.62. The van der Waals surface area contributed by atoms with E-state index in [1.54, 1.807) is 12.4 Å². The van der Waals surface area contributed by atoms with E-state index in [0.29, 0.717) is 13.1 Å². The Kier molecular flexibility index (Phi) is 3.82. The molecule has 0 unspecified atom stereocenters. The van der Waals surface area contributed by atoms with Gasteiger partial charge in [0.1, 0.15) is 11.4 Å². The number of amides is 1. The number of nitrogens with zero attached hydrogens (tertiary/aromatic N) is 3. The van der Waals surface area contributed by atoms with Gasteiger partial charge in [0.25, 0.3) is 5.91 Å². The minimum absolute atomic E-state index is 0.209. The van der Waals surface area contributed by atoms with E-state index in [1.165, 1.54) is 6.20 Å². The Morgan fingerprint density at radius 3 is 2.91 bits per heavy atom. The van der Waals surface area contributed by atoms with Crippen molar-refractivity contribution in [2.45, 2.75) is 6.54 Å². The number of H-pyrrole nitrogens is 2. The summed E-state index contributed by atoms with van der Waals surface area (Å²) >= 11 is 0. The second kappa shape index (κ2) is 6.08. The van der Waals surface area contributed by atoms with Crippen molar-refractivity contribution in [2.75, 3.05) is 6.54 Å². The van der Waals surface area contributed by atoms with Gasteiger partial charge in [-0.15, -0.1) is 0 Å². The summed E-state index contributed by atoms with van der Waals surface area (Å²) in [5, 5.41) is 2.73. The number of hydrogen-bond acceptors (Lipinski definition) is 4. The van der Waals surface area contributed by atoms with Crippen LogP contribution in [0.5, 0.6) is 0 Å². The zero-order chi connectivity index (χ0) is 15.4. The Hall–Kier alpha value is -3.16. The van der Waals surface area contributed by atoms with Crippen molar-refractivity contribution in [1.29, 1.82) is 0 Å². The van der Waals surface area contributed by atoms with Crippen molar-refractivity contribution in [2.24, 2.45) is 0 Å². The first-order valence-corrected chi connectivity index (χ1v) is 6.72. The van der Waals surface area contributed by atoms with Crippen LogP contribution in [0, 0.1) is 0 Å². The minimum Gasteiger partial charge on any atom is -0.349 e. The van der Waals surface area contributed by atoms with Crippen molar-refractivity contribution in [3.8, 4) is 11.5 Å². The third-order valence-electron chi connectivity index (χ3n) is 3.09. The molecule has 8 nitrogen and oxygen atoms in total. The summed E-state index contributed by atoms with van der Waals surface area (Å²) in [6.45, 7) is 0.953. The maximum Gasteiger partial charge on any atom is 0.323 e. The van der Waals surface area contributed by atoms with E-state index in [2.05, 4.69) is 25.3 Å². The standard InChI is InChI=1S/C14H14N6O2/c21-13(11-9-18-14(22)19-11)17-6-8-20-7-5-16-12(20)10-3-1-2-4-15-10/h1-5,7,9H,6,8H2,(H,17,21)(H2,18,19,22). The molecular formula is C14H14N6O2. The highest BCUT2D eigenvalue weighted by Crippen LogP contribution is 2.13. The largest absolute Gasteiger partial charge is 0.349 e. The Labute approximate surface area is 125 Å². The molecule has 3 aromatic heterocycles. The Morgan fingerprint density at radius 1 is 1.27 bits per heavy atom. The fraction of sp³-hybridized carbons (Fsp3) is 0.143. The molecule has 0 atom stereocenters. The van der Waals surface area contributed by atoms with Crippen LogP contribution in [0.15, 0.2) is 47.8 Å². The molecule has 8 heteroatoms. The molecule has 0 aromatic carbocycles. The highest BCUT2D eigenvalue weighted by molar-refractivity contribution is 5.91. The number of aromatic nitrogens is 5. The van der Waals surface area contributed by atoms with Crippen LogP contribution in [-0.4, -0.2) is 37.0 Å². The van der Waals surface area contributed by atoms with Gasteiger partial charge in [-0.1, -0.05) is 6.07 Å². The van der Waals surface area contributed by atoms with Crippen molar-refractivity contribution in [3.05, 3.63) is 59.2 Å². The molecule has 0 saturated carbocycles. The highest BCUT2D eigenvalue weighted by Gasteiger charge is 2.09. The van der Waals surface area contributed by atoms with Gasteiger partial charge in [0.15, 0.2) is 5.82 Å². The molecule has 3 N–H and O–H groups in total. The maximum absolute atomic E-state index is 11.8. The third kappa shape index (κ3) is 2.95. The number of carbonyl (C=O) groups excluding carboxylic acids is 1. The van der Waals surface area contributed by atoms with E-state index in [0.717, 1.165) is 11.5 Å². The Bertz CT molecular complexity index is 817.